The second kappa shape index (κ2) is 13.8. The first kappa shape index (κ1) is 35.7. The lowest BCUT2D eigenvalue weighted by molar-refractivity contribution is 0.668. The van der Waals surface area contributed by atoms with Crippen molar-refractivity contribution in [2.24, 2.45) is 0 Å². The molecule has 0 bridgehead atoms. The van der Waals surface area contributed by atoms with E-state index in [1.807, 2.05) is 48.5 Å². The van der Waals surface area contributed by atoms with Crippen molar-refractivity contribution >= 4 is 87.2 Å². The monoisotopic (exact) mass is 830 g/mol. The Bertz CT molecular complexity index is 4140. The Morgan fingerprint density at radius 1 is 0.308 bits per heavy atom. The highest BCUT2D eigenvalue weighted by Crippen LogP contribution is 2.43. The third-order valence-corrected chi connectivity index (χ3v) is 13.0. The highest BCUT2D eigenvalue weighted by atomic mass is 16.3. The topological polar surface area (TPSA) is 69.9 Å². The van der Waals surface area contributed by atoms with E-state index in [2.05, 4.69) is 162 Å². The number of nitrogens with zero attached hydrogens (tertiary/aromatic N) is 4. The van der Waals surface area contributed by atoms with Crippen molar-refractivity contribution in [3.63, 3.8) is 0 Å². The van der Waals surface area contributed by atoms with Crippen LogP contribution in [0.3, 0.4) is 0 Å². The summed E-state index contributed by atoms with van der Waals surface area (Å²) < 4.78 is 15.5. The summed E-state index contributed by atoms with van der Waals surface area (Å²) in [5.41, 5.74) is 11.1. The number of aromatic nitrogens is 4. The van der Waals surface area contributed by atoms with Crippen LogP contribution in [0.5, 0.6) is 0 Å². The maximum absolute atomic E-state index is 6.68. The fraction of sp³-hybridized carbons (Fsp3) is 0. The Morgan fingerprint density at radius 3 is 1.51 bits per heavy atom. The fourth-order valence-corrected chi connectivity index (χ4v) is 9.92. The molecule has 14 rings (SSSR count). The molecule has 0 saturated carbocycles. The van der Waals surface area contributed by atoms with E-state index in [0.29, 0.717) is 17.5 Å². The van der Waals surface area contributed by atoms with E-state index < -0.39 is 0 Å². The van der Waals surface area contributed by atoms with Gasteiger partial charge in [0.25, 0.3) is 0 Å². The van der Waals surface area contributed by atoms with E-state index in [1.54, 1.807) is 0 Å². The fourth-order valence-electron chi connectivity index (χ4n) is 9.92. The summed E-state index contributed by atoms with van der Waals surface area (Å²) in [5.74, 6) is 1.66. The molecule has 0 fully saturated rings. The Kier molecular flexibility index (Phi) is 7.59. The van der Waals surface area contributed by atoms with Crippen LogP contribution in [0.25, 0.3) is 138 Å². The van der Waals surface area contributed by atoms with E-state index >= 15 is 0 Å². The van der Waals surface area contributed by atoms with Crippen LogP contribution in [0.2, 0.25) is 0 Å². The molecular formula is C59H34N4O2. The summed E-state index contributed by atoms with van der Waals surface area (Å²) in [5, 5.41) is 11.0. The molecule has 14 aromatic rings. The maximum Gasteiger partial charge on any atom is 0.166 e. The van der Waals surface area contributed by atoms with Crippen LogP contribution >= 0.6 is 0 Å². The molecule has 10 aromatic carbocycles. The molecule has 0 aliphatic carbocycles. The van der Waals surface area contributed by atoms with E-state index in [-0.39, 0.29) is 0 Å². The van der Waals surface area contributed by atoms with Crippen LogP contribution in [0.15, 0.2) is 215 Å². The van der Waals surface area contributed by atoms with Crippen LogP contribution < -0.4 is 0 Å². The number of hydrogen-bond donors (Lipinski definition) is 0. The number of para-hydroxylation sites is 2. The standard InChI is InChI=1S/C59H34N4O2/c1-2-13-35(14-3-1)36-25-27-37(28-26-36)57-60-58(44-21-12-24-54-56(44)43-20-9-11-23-53(43)64-54)62-59(61-57)48-33-47-42-19-8-10-22-52(42)65-55(47)34-51(48)63-49-31-40-17-6-4-15-38(40)29-45(49)46-30-39-16-5-7-18-41(39)32-50(46)63/h1-34H. The molecule has 4 aromatic heterocycles. The van der Waals surface area contributed by atoms with Gasteiger partial charge in [-0.25, -0.2) is 15.0 Å². The molecule has 302 valence electrons. The first-order valence-electron chi connectivity index (χ1n) is 21.8. The molecule has 6 heteroatoms. The van der Waals surface area contributed by atoms with Gasteiger partial charge in [0.15, 0.2) is 17.5 Å². The van der Waals surface area contributed by atoms with E-state index in [4.69, 9.17) is 23.8 Å². The molecule has 65 heavy (non-hydrogen) atoms. The lowest BCUT2D eigenvalue weighted by Crippen LogP contribution is -2.04. The zero-order chi connectivity index (χ0) is 42.6. The van der Waals surface area contributed by atoms with Gasteiger partial charge in [0.05, 0.1) is 16.7 Å². The summed E-state index contributed by atoms with van der Waals surface area (Å²) in [6.07, 6.45) is 0. The van der Waals surface area contributed by atoms with Gasteiger partial charge in [-0.1, -0.05) is 152 Å². The van der Waals surface area contributed by atoms with Gasteiger partial charge in [-0.3, -0.25) is 0 Å². The third kappa shape index (κ3) is 5.57. The highest BCUT2D eigenvalue weighted by Gasteiger charge is 2.24. The quantitative estimate of drug-likeness (QED) is 0.173. The molecule has 0 spiro atoms. The molecule has 0 amide bonds. The van der Waals surface area contributed by atoms with E-state index in [1.165, 1.54) is 10.8 Å². The Labute approximate surface area is 371 Å². The molecular weight excluding hydrogens is 797 g/mol. The number of fused-ring (bicyclic) bond motifs is 11. The van der Waals surface area contributed by atoms with Crippen LogP contribution in [-0.2, 0) is 0 Å². The molecule has 0 N–H and O–H groups in total. The van der Waals surface area contributed by atoms with Crippen LogP contribution in [0, 0.1) is 0 Å². The van der Waals surface area contributed by atoms with Gasteiger partial charge in [0, 0.05) is 55.1 Å². The largest absolute Gasteiger partial charge is 0.456 e. The van der Waals surface area contributed by atoms with Crippen LogP contribution in [-0.4, -0.2) is 19.5 Å². The molecule has 0 aliphatic rings. The summed E-state index contributed by atoms with van der Waals surface area (Å²) in [4.78, 5) is 16.3. The van der Waals surface area contributed by atoms with Crippen molar-refractivity contribution in [3.8, 4) is 51.0 Å². The van der Waals surface area contributed by atoms with Gasteiger partial charge in [0.1, 0.15) is 22.3 Å². The van der Waals surface area contributed by atoms with Crippen LogP contribution in [0.1, 0.15) is 0 Å². The maximum atomic E-state index is 6.68. The predicted molar refractivity (Wildman–Crippen MR) is 265 cm³/mol. The van der Waals surface area contributed by atoms with Crippen LogP contribution in [0.4, 0.5) is 0 Å². The zero-order valence-corrected chi connectivity index (χ0v) is 34.7. The summed E-state index contributed by atoms with van der Waals surface area (Å²) >= 11 is 0. The lowest BCUT2D eigenvalue weighted by atomic mass is 10.0. The minimum Gasteiger partial charge on any atom is -0.456 e. The van der Waals surface area contributed by atoms with Crippen molar-refractivity contribution < 1.29 is 8.83 Å². The SMILES string of the molecule is c1ccc(-c2ccc(-c3nc(-c4cc5c(cc4-n4c6cc7ccccc7cc6c6cc7ccccc7cc64)oc4ccccc45)nc(-c4cccc5oc6ccccc6c45)n3)cc2)cc1. The molecule has 0 aliphatic heterocycles. The molecule has 0 radical (unpaired) electrons. The van der Waals surface area contributed by atoms with Gasteiger partial charge in [-0.15, -0.1) is 0 Å². The first-order chi connectivity index (χ1) is 32.2. The van der Waals surface area contributed by atoms with Gasteiger partial charge < -0.3 is 13.4 Å². The summed E-state index contributed by atoms with van der Waals surface area (Å²) in [6.45, 7) is 0. The van der Waals surface area contributed by atoms with E-state index in [0.717, 1.165) is 110 Å². The second-order valence-electron chi connectivity index (χ2n) is 16.8. The predicted octanol–water partition coefficient (Wildman–Crippen LogP) is 15.7. The molecule has 0 unspecified atom stereocenters. The van der Waals surface area contributed by atoms with Crippen molar-refractivity contribution in [1.82, 2.24) is 19.5 Å². The average Bonchev–Trinajstić information content (AvgIpc) is 4.03. The highest BCUT2D eigenvalue weighted by molar-refractivity contribution is 6.18. The molecule has 0 saturated heterocycles. The number of benzene rings is 10. The number of furan rings is 2. The smallest absolute Gasteiger partial charge is 0.166 e. The van der Waals surface area contributed by atoms with E-state index in [9.17, 15) is 0 Å². The van der Waals surface area contributed by atoms with Gasteiger partial charge in [0.2, 0.25) is 0 Å². The second-order valence-corrected chi connectivity index (χ2v) is 16.8. The van der Waals surface area contributed by atoms with Gasteiger partial charge >= 0.3 is 0 Å². The minimum atomic E-state index is 0.542. The normalized spacial score (nSPS) is 12.0. The molecule has 0 atom stereocenters. The van der Waals surface area contributed by atoms with Crippen molar-refractivity contribution in [1.29, 1.82) is 0 Å². The first-order valence-corrected chi connectivity index (χ1v) is 21.8. The Balaban J connectivity index is 1.10. The lowest BCUT2D eigenvalue weighted by Gasteiger charge is -2.16. The average molecular weight is 831 g/mol. The summed E-state index contributed by atoms with van der Waals surface area (Å²) in [6, 6.07) is 72.2. The summed E-state index contributed by atoms with van der Waals surface area (Å²) in [7, 11) is 0. The van der Waals surface area contributed by atoms with Gasteiger partial charge in [-0.05, 0) is 81.2 Å². The van der Waals surface area contributed by atoms with Crippen molar-refractivity contribution in [2.45, 2.75) is 0 Å². The molecule has 6 nitrogen and oxygen atoms in total. The Morgan fingerprint density at radius 2 is 0.815 bits per heavy atom. The van der Waals surface area contributed by atoms with Gasteiger partial charge in [-0.2, -0.15) is 0 Å². The minimum absolute atomic E-state index is 0.542. The molecule has 4 heterocycles. The van der Waals surface area contributed by atoms with Crippen molar-refractivity contribution in [2.75, 3.05) is 0 Å². The number of rotatable bonds is 5. The number of hydrogen-bond acceptors (Lipinski definition) is 5. The van der Waals surface area contributed by atoms with Crippen molar-refractivity contribution in [3.05, 3.63) is 206 Å². The third-order valence-electron chi connectivity index (χ3n) is 13.0. The zero-order valence-electron chi connectivity index (χ0n) is 34.7. The Hall–Kier alpha value is -8.87.